The molecule has 1 rings (SSSR count). The minimum Gasteiger partial charge on any atom is -0.505 e. The van der Waals surface area contributed by atoms with Crippen LogP contribution in [0.5, 0.6) is 5.75 Å². The predicted octanol–water partition coefficient (Wildman–Crippen LogP) is 7.46. The molecule has 1 aromatic rings. The number of aromatic hydroxyl groups is 1. The van der Waals surface area contributed by atoms with Gasteiger partial charge < -0.3 is 5.11 Å². The Morgan fingerprint density at radius 2 is 1.50 bits per heavy atom. The lowest BCUT2D eigenvalue weighted by Crippen LogP contribution is -1.97. The summed E-state index contributed by atoms with van der Waals surface area (Å²) in [5, 5.41) is 10.7. The molecule has 0 aliphatic rings. The van der Waals surface area contributed by atoms with Gasteiger partial charge >= 0.3 is 0 Å². The first-order valence-corrected chi connectivity index (χ1v) is 9.00. The summed E-state index contributed by atoms with van der Waals surface area (Å²) in [6.07, 6.45) is 5.97. The van der Waals surface area contributed by atoms with Gasteiger partial charge in [0, 0.05) is 10.1 Å². The molecule has 0 bridgehead atoms. The molecule has 20 heavy (non-hydrogen) atoms. The van der Waals surface area contributed by atoms with E-state index in [0.29, 0.717) is 10.1 Å². The molecular formula is C14H18Cl4OS. The molecule has 1 aromatic carbocycles. The third kappa shape index (κ3) is 4.78. The maximum atomic E-state index is 9.68. The molecule has 0 spiro atoms. The fourth-order valence-corrected chi connectivity index (χ4v) is 4.14. The molecule has 114 valence electrons. The highest BCUT2D eigenvalue weighted by molar-refractivity contribution is 8.00. The van der Waals surface area contributed by atoms with Crippen LogP contribution >= 0.6 is 58.2 Å². The SMILES string of the molecule is CCCCCCC(C)Sc1c(Cl)c(Cl)c(O)c(Cl)c1Cl. The predicted molar refractivity (Wildman–Crippen MR) is 92.2 cm³/mol. The van der Waals surface area contributed by atoms with Gasteiger partial charge in [-0.15, -0.1) is 11.8 Å². The number of rotatable bonds is 7. The zero-order chi connectivity index (χ0) is 15.3. The minimum absolute atomic E-state index is 0.0572. The number of hydrogen-bond acceptors (Lipinski definition) is 2. The largest absolute Gasteiger partial charge is 0.505 e. The molecule has 0 aliphatic heterocycles. The molecule has 0 saturated carbocycles. The lowest BCUT2D eigenvalue weighted by atomic mass is 10.1. The molecule has 0 radical (unpaired) electrons. The van der Waals surface area contributed by atoms with Crippen LogP contribution in [0, 0.1) is 0 Å². The van der Waals surface area contributed by atoms with Gasteiger partial charge in [-0.05, 0) is 6.42 Å². The topological polar surface area (TPSA) is 20.2 Å². The Labute approximate surface area is 144 Å². The smallest absolute Gasteiger partial charge is 0.155 e. The molecule has 0 saturated heterocycles. The van der Waals surface area contributed by atoms with Crippen LogP contribution in [0.2, 0.25) is 20.1 Å². The van der Waals surface area contributed by atoms with E-state index in [1.807, 2.05) is 0 Å². The summed E-state index contributed by atoms with van der Waals surface area (Å²) < 4.78 is 0. The molecule has 0 heterocycles. The van der Waals surface area contributed by atoms with Crippen molar-refractivity contribution in [1.29, 1.82) is 0 Å². The highest BCUT2D eigenvalue weighted by atomic mass is 35.5. The molecular weight excluding hydrogens is 358 g/mol. The van der Waals surface area contributed by atoms with E-state index in [1.54, 1.807) is 11.8 Å². The van der Waals surface area contributed by atoms with Crippen molar-refractivity contribution in [2.24, 2.45) is 0 Å². The van der Waals surface area contributed by atoms with Crippen LogP contribution in [0.3, 0.4) is 0 Å². The van der Waals surface area contributed by atoms with Crippen LogP contribution in [-0.2, 0) is 0 Å². The van der Waals surface area contributed by atoms with E-state index in [1.165, 1.54) is 25.7 Å². The summed E-state index contributed by atoms with van der Waals surface area (Å²) in [7, 11) is 0. The van der Waals surface area contributed by atoms with Gasteiger partial charge in [-0.1, -0.05) is 85.9 Å². The Morgan fingerprint density at radius 3 is 2.00 bits per heavy atom. The Bertz CT molecular complexity index is 436. The first-order chi connectivity index (χ1) is 9.40. The highest BCUT2D eigenvalue weighted by Gasteiger charge is 2.21. The molecule has 0 amide bonds. The van der Waals surface area contributed by atoms with E-state index in [2.05, 4.69) is 13.8 Å². The second-order valence-electron chi connectivity index (χ2n) is 4.71. The van der Waals surface area contributed by atoms with Crippen LogP contribution < -0.4 is 0 Å². The number of unbranched alkanes of at least 4 members (excludes halogenated alkanes) is 3. The van der Waals surface area contributed by atoms with Crippen molar-refractivity contribution in [2.75, 3.05) is 0 Å². The van der Waals surface area contributed by atoms with E-state index < -0.39 is 0 Å². The lowest BCUT2D eigenvalue weighted by molar-refractivity contribution is 0.475. The maximum absolute atomic E-state index is 9.68. The fourth-order valence-electron chi connectivity index (χ4n) is 1.82. The molecule has 0 aromatic heterocycles. The molecule has 1 nitrogen and oxygen atoms in total. The Kier molecular flexibility index (Phi) is 8.22. The van der Waals surface area contributed by atoms with Crippen molar-refractivity contribution in [1.82, 2.24) is 0 Å². The van der Waals surface area contributed by atoms with E-state index in [9.17, 15) is 5.11 Å². The van der Waals surface area contributed by atoms with Crippen molar-refractivity contribution >= 4 is 58.2 Å². The minimum atomic E-state index is -0.261. The summed E-state index contributed by atoms with van der Waals surface area (Å²) in [5.41, 5.74) is 0. The number of halogens is 4. The van der Waals surface area contributed by atoms with E-state index in [-0.39, 0.29) is 25.8 Å². The Balaban J connectivity index is 2.77. The number of thioether (sulfide) groups is 1. The van der Waals surface area contributed by atoms with Crippen LogP contribution in [0.25, 0.3) is 0 Å². The summed E-state index contributed by atoms with van der Waals surface area (Å²) >= 11 is 25.7. The lowest BCUT2D eigenvalue weighted by Gasteiger charge is -2.16. The second kappa shape index (κ2) is 8.85. The van der Waals surface area contributed by atoms with Gasteiger partial charge in [0.1, 0.15) is 10.0 Å². The van der Waals surface area contributed by atoms with Gasteiger partial charge in [0.2, 0.25) is 0 Å². The number of benzene rings is 1. The summed E-state index contributed by atoms with van der Waals surface area (Å²) in [6.45, 7) is 4.32. The van der Waals surface area contributed by atoms with Gasteiger partial charge in [0.05, 0.1) is 10.0 Å². The third-order valence-corrected chi connectivity index (χ3v) is 6.17. The highest BCUT2D eigenvalue weighted by Crippen LogP contribution is 2.50. The normalized spacial score (nSPS) is 12.7. The van der Waals surface area contributed by atoms with Crippen molar-refractivity contribution < 1.29 is 5.11 Å². The van der Waals surface area contributed by atoms with Crippen molar-refractivity contribution in [3.05, 3.63) is 20.1 Å². The van der Waals surface area contributed by atoms with Gasteiger partial charge in [0.15, 0.2) is 5.75 Å². The molecule has 1 N–H and O–H groups in total. The number of phenols is 1. The van der Waals surface area contributed by atoms with Crippen molar-refractivity contribution in [2.45, 2.75) is 56.1 Å². The van der Waals surface area contributed by atoms with Gasteiger partial charge in [-0.2, -0.15) is 0 Å². The Hall–Kier alpha value is 0.530. The zero-order valence-electron chi connectivity index (χ0n) is 11.5. The first kappa shape index (κ1) is 18.6. The molecule has 0 fully saturated rings. The van der Waals surface area contributed by atoms with E-state index >= 15 is 0 Å². The summed E-state index contributed by atoms with van der Waals surface area (Å²) in [6, 6.07) is 0. The van der Waals surface area contributed by atoms with Crippen molar-refractivity contribution in [3.63, 3.8) is 0 Å². The standard InChI is InChI=1S/C14H18Cl4OS/c1-3-4-5-6-7-8(2)20-14-11(17)9(15)13(19)10(16)12(14)18/h8,19H,3-7H2,1-2H3. The summed E-state index contributed by atoms with van der Waals surface area (Å²) in [4.78, 5) is 0.643. The number of hydrogen-bond donors (Lipinski definition) is 1. The monoisotopic (exact) mass is 374 g/mol. The molecule has 1 unspecified atom stereocenters. The molecule has 0 aliphatic carbocycles. The fraction of sp³-hybridized carbons (Fsp3) is 0.571. The third-order valence-electron chi connectivity index (χ3n) is 2.98. The van der Waals surface area contributed by atoms with Crippen LogP contribution in [-0.4, -0.2) is 10.4 Å². The molecule has 1 atom stereocenters. The van der Waals surface area contributed by atoms with Gasteiger partial charge in [0.25, 0.3) is 0 Å². The number of phenolic OH excluding ortho intramolecular Hbond substituents is 1. The maximum Gasteiger partial charge on any atom is 0.155 e. The first-order valence-electron chi connectivity index (χ1n) is 6.61. The van der Waals surface area contributed by atoms with Crippen LogP contribution in [0.4, 0.5) is 0 Å². The second-order valence-corrected chi connectivity index (χ2v) is 7.67. The zero-order valence-corrected chi connectivity index (χ0v) is 15.3. The summed E-state index contributed by atoms with van der Waals surface area (Å²) in [5.74, 6) is -0.261. The average molecular weight is 376 g/mol. The van der Waals surface area contributed by atoms with E-state index in [0.717, 1.165) is 6.42 Å². The van der Waals surface area contributed by atoms with Crippen LogP contribution in [0.15, 0.2) is 4.90 Å². The van der Waals surface area contributed by atoms with Crippen LogP contribution in [0.1, 0.15) is 46.0 Å². The van der Waals surface area contributed by atoms with Crippen molar-refractivity contribution in [3.8, 4) is 5.75 Å². The van der Waals surface area contributed by atoms with Gasteiger partial charge in [-0.3, -0.25) is 0 Å². The Morgan fingerprint density at radius 1 is 0.950 bits per heavy atom. The quantitative estimate of drug-likeness (QED) is 0.303. The van der Waals surface area contributed by atoms with Gasteiger partial charge in [-0.25, -0.2) is 0 Å². The van der Waals surface area contributed by atoms with E-state index in [4.69, 9.17) is 46.4 Å². The molecule has 6 heteroatoms. The average Bonchev–Trinajstić information content (AvgIpc) is 2.44.